The Morgan fingerprint density at radius 1 is 0.931 bits per heavy atom. The standard InChI is InChI=1S/C27H30N2/c1-18-9-12-25-24(15-18)27-20(3)28(4)19(2)16-26(27)29(25)14-13-21-10-11-22-7-5-6-8-23(22)17-21/h5-12,15,17,19-20H,13-14,16H2,1-4H3. The van der Waals surface area contributed by atoms with Gasteiger partial charge in [0, 0.05) is 41.6 Å². The molecule has 0 spiro atoms. The van der Waals surface area contributed by atoms with Crippen molar-refractivity contribution < 1.29 is 0 Å². The summed E-state index contributed by atoms with van der Waals surface area (Å²) in [6.45, 7) is 7.97. The minimum Gasteiger partial charge on any atom is -0.344 e. The zero-order chi connectivity index (χ0) is 20.1. The average Bonchev–Trinajstić information content (AvgIpc) is 3.02. The normalized spacial score (nSPS) is 19.7. The predicted octanol–water partition coefficient (Wildman–Crippen LogP) is 6.28. The van der Waals surface area contributed by atoms with Crippen LogP contribution in [0.25, 0.3) is 21.7 Å². The largest absolute Gasteiger partial charge is 0.344 e. The van der Waals surface area contributed by atoms with Gasteiger partial charge < -0.3 is 4.57 Å². The highest BCUT2D eigenvalue weighted by Gasteiger charge is 2.31. The highest BCUT2D eigenvalue weighted by molar-refractivity contribution is 5.87. The van der Waals surface area contributed by atoms with E-state index in [2.05, 4.69) is 97.9 Å². The van der Waals surface area contributed by atoms with Gasteiger partial charge in [0.25, 0.3) is 0 Å². The minimum atomic E-state index is 0.458. The van der Waals surface area contributed by atoms with Crippen LogP contribution in [0, 0.1) is 6.92 Å². The molecule has 3 aromatic carbocycles. The van der Waals surface area contributed by atoms with Crippen LogP contribution in [0.2, 0.25) is 0 Å². The molecule has 1 aromatic heterocycles. The molecule has 0 radical (unpaired) electrons. The maximum absolute atomic E-state index is 2.61. The van der Waals surface area contributed by atoms with E-state index in [0.29, 0.717) is 12.1 Å². The van der Waals surface area contributed by atoms with Gasteiger partial charge in [0.2, 0.25) is 0 Å². The van der Waals surface area contributed by atoms with E-state index in [-0.39, 0.29) is 0 Å². The Bertz CT molecular complexity index is 1200. The van der Waals surface area contributed by atoms with Gasteiger partial charge in [-0.2, -0.15) is 0 Å². The average molecular weight is 383 g/mol. The van der Waals surface area contributed by atoms with E-state index in [1.54, 1.807) is 11.3 Å². The third-order valence-electron chi connectivity index (χ3n) is 7.02. The van der Waals surface area contributed by atoms with Crippen molar-refractivity contribution in [2.24, 2.45) is 0 Å². The second-order valence-corrected chi connectivity index (χ2v) is 8.86. The number of hydrogen-bond acceptors (Lipinski definition) is 1. The molecular weight excluding hydrogens is 352 g/mol. The maximum Gasteiger partial charge on any atom is 0.0486 e. The first-order valence-electron chi connectivity index (χ1n) is 10.8. The summed E-state index contributed by atoms with van der Waals surface area (Å²) in [6, 6.07) is 23.6. The summed E-state index contributed by atoms with van der Waals surface area (Å²) in [7, 11) is 2.27. The number of benzene rings is 3. The van der Waals surface area contributed by atoms with Crippen molar-refractivity contribution in [2.75, 3.05) is 7.05 Å². The highest BCUT2D eigenvalue weighted by atomic mass is 15.2. The molecule has 2 heterocycles. The fraction of sp³-hybridized carbons (Fsp3) is 0.333. The Kier molecular flexibility index (Phi) is 4.48. The quantitative estimate of drug-likeness (QED) is 0.405. The van der Waals surface area contributed by atoms with Crippen LogP contribution in [0.4, 0.5) is 0 Å². The molecule has 2 atom stereocenters. The van der Waals surface area contributed by atoms with E-state index < -0.39 is 0 Å². The van der Waals surface area contributed by atoms with Gasteiger partial charge >= 0.3 is 0 Å². The summed E-state index contributed by atoms with van der Waals surface area (Å²) in [6.07, 6.45) is 2.19. The summed E-state index contributed by atoms with van der Waals surface area (Å²) in [5.41, 5.74) is 7.25. The summed E-state index contributed by atoms with van der Waals surface area (Å²) in [4.78, 5) is 2.53. The summed E-state index contributed by atoms with van der Waals surface area (Å²) < 4.78 is 2.61. The van der Waals surface area contributed by atoms with Gasteiger partial charge in [-0.05, 0) is 68.3 Å². The first-order valence-corrected chi connectivity index (χ1v) is 10.8. The van der Waals surface area contributed by atoms with Crippen LogP contribution in [0.1, 0.15) is 42.3 Å². The highest BCUT2D eigenvalue weighted by Crippen LogP contribution is 2.39. The smallest absolute Gasteiger partial charge is 0.0486 e. The molecule has 0 saturated carbocycles. The zero-order valence-electron chi connectivity index (χ0n) is 17.9. The Hall–Kier alpha value is -2.58. The molecular formula is C27H30N2. The van der Waals surface area contributed by atoms with Crippen LogP contribution in [0.15, 0.2) is 60.7 Å². The molecule has 148 valence electrons. The van der Waals surface area contributed by atoms with Crippen molar-refractivity contribution in [1.29, 1.82) is 0 Å². The van der Waals surface area contributed by atoms with Crippen LogP contribution in [0.3, 0.4) is 0 Å². The fourth-order valence-corrected chi connectivity index (χ4v) is 5.13. The lowest BCUT2D eigenvalue weighted by Gasteiger charge is -2.37. The second kappa shape index (κ2) is 7.03. The lowest BCUT2D eigenvalue weighted by atomic mass is 9.93. The van der Waals surface area contributed by atoms with Crippen molar-refractivity contribution in [2.45, 2.75) is 52.2 Å². The molecule has 5 rings (SSSR count). The van der Waals surface area contributed by atoms with Crippen LogP contribution in [0.5, 0.6) is 0 Å². The Morgan fingerprint density at radius 3 is 2.55 bits per heavy atom. The van der Waals surface area contributed by atoms with E-state index in [1.165, 1.54) is 32.8 Å². The van der Waals surface area contributed by atoms with Crippen molar-refractivity contribution in [3.05, 3.63) is 83.0 Å². The van der Waals surface area contributed by atoms with Crippen LogP contribution in [-0.4, -0.2) is 22.6 Å². The van der Waals surface area contributed by atoms with E-state index in [0.717, 1.165) is 19.4 Å². The third-order valence-corrected chi connectivity index (χ3v) is 7.02. The lowest BCUT2D eigenvalue weighted by Crippen LogP contribution is -2.38. The number of likely N-dealkylation sites (N-methyl/N-ethyl adjacent to an activating group) is 1. The Balaban J connectivity index is 1.56. The minimum absolute atomic E-state index is 0.458. The molecule has 0 bridgehead atoms. The van der Waals surface area contributed by atoms with Gasteiger partial charge in [0.05, 0.1) is 0 Å². The van der Waals surface area contributed by atoms with Gasteiger partial charge in [-0.3, -0.25) is 4.90 Å². The monoisotopic (exact) mass is 382 g/mol. The number of fused-ring (bicyclic) bond motifs is 4. The van der Waals surface area contributed by atoms with Gasteiger partial charge in [0.15, 0.2) is 0 Å². The number of aryl methyl sites for hydroxylation is 3. The molecule has 0 aliphatic carbocycles. The molecule has 0 N–H and O–H groups in total. The second-order valence-electron chi connectivity index (χ2n) is 8.86. The molecule has 1 aliphatic rings. The number of hydrogen-bond donors (Lipinski definition) is 0. The predicted molar refractivity (Wildman–Crippen MR) is 124 cm³/mol. The molecule has 0 saturated heterocycles. The lowest BCUT2D eigenvalue weighted by molar-refractivity contribution is 0.177. The van der Waals surface area contributed by atoms with Gasteiger partial charge in [-0.15, -0.1) is 0 Å². The first kappa shape index (κ1) is 18.4. The molecule has 2 unspecified atom stereocenters. The SMILES string of the molecule is Cc1ccc2c(c1)c1c(n2CCc2ccc3ccccc3c2)CC(C)N(C)C1C. The number of nitrogens with zero attached hydrogens (tertiary/aromatic N) is 2. The molecule has 2 heteroatoms. The van der Waals surface area contributed by atoms with Crippen LogP contribution >= 0.6 is 0 Å². The van der Waals surface area contributed by atoms with E-state index in [9.17, 15) is 0 Å². The molecule has 29 heavy (non-hydrogen) atoms. The van der Waals surface area contributed by atoms with E-state index >= 15 is 0 Å². The maximum atomic E-state index is 2.61. The first-order chi connectivity index (χ1) is 14.0. The van der Waals surface area contributed by atoms with Crippen LogP contribution in [-0.2, 0) is 19.4 Å². The Morgan fingerprint density at radius 2 is 1.72 bits per heavy atom. The summed E-state index contributed by atoms with van der Waals surface area (Å²) in [5.74, 6) is 0. The fourth-order valence-electron chi connectivity index (χ4n) is 5.13. The topological polar surface area (TPSA) is 8.17 Å². The van der Waals surface area contributed by atoms with Crippen molar-refractivity contribution in [3.63, 3.8) is 0 Å². The van der Waals surface area contributed by atoms with Crippen molar-refractivity contribution in [3.8, 4) is 0 Å². The molecule has 0 fully saturated rings. The third kappa shape index (κ3) is 3.07. The molecule has 1 aliphatic heterocycles. The molecule has 0 amide bonds. The van der Waals surface area contributed by atoms with Gasteiger partial charge in [0.1, 0.15) is 0 Å². The van der Waals surface area contributed by atoms with Gasteiger partial charge in [-0.25, -0.2) is 0 Å². The van der Waals surface area contributed by atoms with Crippen molar-refractivity contribution in [1.82, 2.24) is 9.47 Å². The summed E-state index contributed by atoms with van der Waals surface area (Å²) >= 11 is 0. The Labute approximate surface area is 173 Å². The van der Waals surface area contributed by atoms with Crippen LogP contribution < -0.4 is 0 Å². The molecule has 4 aromatic rings. The van der Waals surface area contributed by atoms with E-state index in [4.69, 9.17) is 0 Å². The summed E-state index contributed by atoms with van der Waals surface area (Å²) in [5, 5.41) is 4.11. The van der Waals surface area contributed by atoms with E-state index in [1.807, 2.05) is 0 Å². The molecule has 2 nitrogen and oxygen atoms in total. The number of rotatable bonds is 3. The number of aromatic nitrogens is 1. The zero-order valence-corrected chi connectivity index (χ0v) is 17.9. The van der Waals surface area contributed by atoms with Gasteiger partial charge in [-0.1, -0.05) is 54.1 Å². The van der Waals surface area contributed by atoms with Crippen molar-refractivity contribution >= 4 is 21.7 Å².